The number of carboxylic acid groups (broad SMARTS) is 1. The number of halogens is 2. The third-order valence-electron chi connectivity index (χ3n) is 4.76. The largest absolute Gasteiger partial charge is 0.480 e. The first-order valence-electron chi connectivity index (χ1n) is 8.70. The Morgan fingerprint density at radius 2 is 1.63 bits per heavy atom. The molecule has 1 aliphatic heterocycles. The van der Waals surface area contributed by atoms with E-state index in [1.54, 1.807) is 24.3 Å². The van der Waals surface area contributed by atoms with Crippen LogP contribution in [0.15, 0.2) is 48.5 Å². The highest BCUT2D eigenvalue weighted by molar-refractivity contribution is 6.31. The third-order valence-corrected chi connectivity index (χ3v) is 5.25. The molecule has 0 saturated carbocycles. The maximum atomic E-state index is 12.5. The predicted octanol–water partition coefficient (Wildman–Crippen LogP) is 3.84. The molecule has 2 aromatic rings. The molecule has 5 nitrogen and oxygen atoms in total. The van der Waals surface area contributed by atoms with E-state index in [1.807, 2.05) is 29.2 Å². The summed E-state index contributed by atoms with van der Waals surface area (Å²) in [5.41, 5.74) is 1.49. The smallest absolute Gasteiger partial charge is 0.321 e. The van der Waals surface area contributed by atoms with Gasteiger partial charge in [-0.3, -0.25) is 14.5 Å². The van der Waals surface area contributed by atoms with Crippen molar-refractivity contribution in [1.29, 1.82) is 0 Å². The fourth-order valence-electron chi connectivity index (χ4n) is 3.27. The van der Waals surface area contributed by atoms with Crippen LogP contribution in [0.3, 0.4) is 0 Å². The Bertz CT molecular complexity index is 818. The van der Waals surface area contributed by atoms with Gasteiger partial charge in [-0.15, -0.1) is 0 Å². The topological polar surface area (TPSA) is 60.9 Å². The van der Waals surface area contributed by atoms with E-state index in [2.05, 4.69) is 4.90 Å². The molecule has 27 heavy (non-hydrogen) atoms. The highest BCUT2D eigenvalue weighted by atomic mass is 35.5. The van der Waals surface area contributed by atoms with Crippen LogP contribution < -0.4 is 4.90 Å². The Labute approximate surface area is 168 Å². The first-order valence-corrected chi connectivity index (χ1v) is 9.46. The molecule has 0 spiro atoms. The molecule has 0 bridgehead atoms. The number of piperazine rings is 1. The lowest BCUT2D eigenvalue weighted by Gasteiger charge is -2.38. The summed E-state index contributed by atoms with van der Waals surface area (Å²) in [4.78, 5) is 28.3. The number of carbonyl (C=O) groups excluding carboxylic acids is 1. The van der Waals surface area contributed by atoms with Crippen molar-refractivity contribution in [1.82, 2.24) is 4.90 Å². The molecule has 7 heteroatoms. The normalized spacial score (nSPS) is 16.1. The Balaban J connectivity index is 1.63. The van der Waals surface area contributed by atoms with Gasteiger partial charge in [0.2, 0.25) is 0 Å². The number of ketones is 1. The summed E-state index contributed by atoms with van der Waals surface area (Å²) in [6, 6.07) is 13.3. The Kier molecular flexibility index (Phi) is 6.37. The molecule has 1 N–H and O–H groups in total. The number of hydrogen-bond acceptors (Lipinski definition) is 4. The minimum absolute atomic E-state index is 0.0614. The second kappa shape index (κ2) is 8.74. The Hall–Kier alpha value is -2.08. The van der Waals surface area contributed by atoms with E-state index in [0.29, 0.717) is 41.8 Å². The van der Waals surface area contributed by atoms with Crippen LogP contribution in [0.1, 0.15) is 16.8 Å². The molecule has 0 aromatic heterocycles. The summed E-state index contributed by atoms with van der Waals surface area (Å²) in [5, 5.41) is 10.9. The number of nitrogens with zero attached hydrogens (tertiary/aromatic N) is 2. The SMILES string of the molecule is O=C(CC(C(=O)O)N1CCN(c2cccc(Cl)c2)CC1)c1ccc(Cl)cc1. The highest BCUT2D eigenvalue weighted by Crippen LogP contribution is 2.22. The van der Waals surface area contributed by atoms with E-state index in [-0.39, 0.29) is 12.2 Å². The molecule has 1 fully saturated rings. The van der Waals surface area contributed by atoms with Crippen molar-refractivity contribution in [2.24, 2.45) is 0 Å². The maximum absolute atomic E-state index is 12.5. The monoisotopic (exact) mass is 406 g/mol. The van der Waals surface area contributed by atoms with Crippen molar-refractivity contribution >= 4 is 40.6 Å². The van der Waals surface area contributed by atoms with E-state index in [4.69, 9.17) is 23.2 Å². The second-order valence-electron chi connectivity index (χ2n) is 6.49. The number of anilines is 1. The van der Waals surface area contributed by atoms with Gasteiger partial charge in [0.25, 0.3) is 0 Å². The van der Waals surface area contributed by atoms with Gasteiger partial charge in [0.05, 0.1) is 0 Å². The second-order valence-corrected chi connectivity index (χ2v) is 7.36. The van der Waals surface area contributed by atoms with E-state index >= 15 is 0 Å². The minimum Gasteiger partial charge on any atom is -0.480 e. The first kappa shape index (κ1) is 19.7. The molecular weight excluding hydrogens is 387 g/mol. The zero-order chi connectivity index (χ0) is 19.4. The number of Topliss-reactive ketones (excluding diaryl/α,β-unsaturated/α-hetero) is 1. The van der Waals surface area contributed by atoms with Gasteiger partial charge in [-0.2, -0.15) is 0 Å². The molecule has 1 atom stereocenters. The van der Waals surface area contributed by atoms with E-state index in [9.17, 15) is 14.7 Å². The van der Waals surface area contributed by atoms with Gasteiger partial charge >= 0.3 is 5.97 Å². The molecule has 142 valence electrons. The van der Waals surface area contributed by atoms with Gasteiger partial charge < -0.3 is 10.0 Å². The standard InChI is InChI=1S/C20H20Cl2N2O3/c21-15-6-4-14(5-7-15)19(25)13-18(20(26)27)24-10-8-23(9-11-24)17-3-1-2-16(22)12-17/h1-7,12,18H,8-11,13H2,(H,26,27). The van der Waals surface area contributed by atoms with E-state index in [0.717, 1.165) is 5.69 Å². The summed E-state index contributed by atoms with van der Waals surface area (Å²) in [6.07, 6.45) is -0.0614. The van der Waals surface area contributed by atoms with Crippen LogP contribution in [0.2, 0.25) is 10.0 Å². The summed E-state index contributed by atoms with van der Waals surface area (Å²) in [6.45, 7) is 2.49. The number of carbonyl (C=O) groups is 2. The average molecular weight is 407 g/mol. The van der Waals surface area contributed by atoms with Gasteiger partial charge in [-0.05, 0) is 42.5 Å². The van der Waals surface area contributed by atoms with Gasteiger partial charge in [-0.1, -0.05) is 29.3 Å². The molecule has 1 unspecified atom stereocenters. The fourth-order valence-corrected chi connectivity index (χ4v) is 3.58. The van der Waals surface area contributed by atoms with Crippen LogP contribution in [0.25, 0.3) is 0 Å². The molecule has 0 aliphatic carbocycles. The Morgan fingerprint density at radius 3 is 2.22 bits per heavy atom. The average Bonchev–Trinajstić information content (AvgIpc) is 2.66. The lowest BCUT2D eigenvalue weighted by Crippen LogP contribution is -2.53. The van der Waals surface area contributed by atoms with Crippen LogP contribution in [0.4, 0.5) is 5.69 Å². The minimum atomic E-state index is -0.978. The molecule has 0 amide bonds. The Morgan fingerprint density at radius 1 is 0.963 bits per heavy atom. The zero-order valence-electron chi connectivity index (χ0n) is 14.6. The van der Waals surface area contributed by atoms with Crippen LogP contribution in [-0.4, -0.2) is 54.0 Å². The maximum Gasteiger partial charge on any atom is 0.321 e. The molecule has 3 rings (SSSR count). The molecule has 1 heterocycles. The molecule has 2 aromatic carbocycles. The number of hydrogen-bond donors (Lipinski definition) is 1. The van der Waals surface area contributed by atoms with Crippen molar-refractivity contribution in [3.63, 3.8) is 0 Å². The highest BCUT2D eigenvalue weighted by Gasteiger charge is 2.31. The van der Waals surface area contributed by atoms with Gasteiger partial charge in [0.1, 0.15) is 6.04 Å². The third kappa shape index (κ3) is 5.01. The molecule has 1 aliphatic rings. The van der Waals surface area contributed by atoms with E-state index < -0.39 is 12.0 Å². The van der Waals surface area contributed by atoms with Crippen molar-refractivity contribution in [3.8, 4) is 0 Å². The number of benzene rings is 2. The summed E-state index contributed by atoms with van der Waals surface area (Å²) in [7, 11) is 0. The quantitative estimate of drug-likeness (QED) is 0.738. The number of aliphatic carboxylic acids is 1. The molecular formula is C20H20Cl2N2O3. The van der Waals surface area contributed by atoms with Crippen LogP contribution in [0, 0.1) is 0 Å². The fraction of sp³-hybridized carbons (Fsp3) is 0.300. The predicted molar refractivity (Wildman–Crippen MR) is 107 cm³/mol. The van der Waals surface area contributed by atoms with Crippen LogP contribution >= 0.6 is 23.2 Å². The van der Waals surface area contributed by atoms with Crippen LogP contribution in [-0.2, 0) is 4.79 Å². The summed E-state index contributed by atoms with van der Waals surface area (Å²) >= 11 is 11.9. The summed E-state index contributed by atoms with van der Waals surface area (Å²) in [5.74, 6) is -1.18. The van der Waals surface area contributed by atoms with Crippen molar-refractivity contribution in [2.45, 2.75) is 12.5 Å². The summed E-state index contributed by atoms with van der Waals surface area (Å²) < 4.78 is 0. The lowest BCUT2D eigenvalue weighted by atomic mass is 10.0. The number of rotatable bonds is 6. The van der Waals surface area contributed by atoms with Crippen molar-refractivity contribution < 1.29 is 14.7 Å². The van der Waals surface area contributed by atoms with Crippen molar-refractivity contribution in [3.05, 3.63) is 64.1 Å². The lowest BCUT2D eigenvalue weighted by molar-refractivity contribution is -0.143. The number of carboxylic acids is 1. The van der Waals surface area contributed by atoms with Gasteiger partial charge in [0, 0.05) is 53.9 Å². The van der Waals surface area contributed by atoms with Crippen LogP contribution in [0.5, 0.6) is 0 Å². The van der Waals surface area contributed by atoms with Gasteiger partial charge in [0.15, 0.2) is 5.78 Å². The molecule has 0 radical (unpaired) electrons. The first-order chi connectivity index (χ1) is 12.9. The zero-order valence-corrected chi connectivity index (χ0v) is 16.2. The molecule has 1 saturated heterocycles. The van der Waals surface area contributed by atoms with E-state index in [1.165, 1.54) is 0 Å². The van der Waals surface area contributed by atoms with Crippen molar-refractivity contribution in [2.75, 3.05) is 31.1 Å². The van der Waals surface area contributed by atoms with Gasteiger partial charge in [-0.25, -0.2) is 0 Å².